The van der Waals surface area contributed by atoms with Crippen LogP contribution < -0.4 is 5.32 Å². The zero-order valence-electron chi connectivity index (χ0n) is 22.1. The average Bonchev–Trinajstić information content (AvgIpc) is 3.82. The predicted molar refractivity (Wildman–Crippen MR) is 132 cm³/mol. The number of halogens is 3. The molecule has 16 nitrogen and oxygen atoms in total. The Balaban J connectivity index is 2.28. The highest BCUT2D eigenvalue weighted by Crippen LogP contribution is 2.52. The number of nitrogens with one attached hydrogen (secondary N) is 1. The van der Waals surface area contributed by atoms with Crippen LogP contribution in [0.3, 0.4) is 0 Å². The molecule has 0 aliphatic carbocycles. The van der Waals surface area contributed by atoms with Gasteiger partial charge >= 0.3 is 11.8 Å². The Hall–Kier alpha value is -2.98. The summed E-state index contributed by atoms with van der Waals surface area (Å²) in [6, 6.07) is 2.57. The lowest BCUT2D eigenvalue weighted by atomic mass is 10.0. The molecule has 0 unspecified atom stereocenters. The van der Waals surface area contributed by atoms with Crippen LogP contribution in [0.5, 0.6) is 0 Å². The SMILES string of the molecule is O=C[C@@H](O)[C@@H](O)[C@H](OCC(CO[C@@H]([C@H](O)[C@H](O)C=O)[C@H](O)CO)NC(=O)c1ccc(C2(C(F)(F)F)N=N2)cc1)[C@H](O)CO. The van der Waals surface area contributed by atoms with Crippen LogP contribution >= 0.6 is 0 Å². The number of alkyl halides is 3. The first-order valence-electron chi connectivity index (χ1n) is 12.5. The fourth-order valence-electron chi connectivity index (χ4n) is 3.78. The van der Waals surface area contributed by atoms with Gasteiger partial charge in [-0.15, -0.1) is 10.2 Å². The number of hydrogen-bond acceptors (Lipinski definition) is 15. The molecular weight excluding hydrogens is 595 g/mol. The summed E-state index contributed by atoms with van der Waals surface area (Å²) in [7, 11) is 0. The van der Waals surface area contributed by atoms with Crippen LogP contribution in [0.1, 0.15) is 15.9 Å². The van der Waals surface area contributed by atoms with Crippen LogP contribution in [-0.4, -0.2) is 147 Å². The van der Waals surface area contributed by atoms with Gasteiger partial charge in [0.2, 0.25) is 0 Å². The number of aliphatic hydroxyl groups excluding tert-OH is 8. The molecule has 9 N–H and O–H groups in total. The number of hydrogen-bond donors (Lipinski definition) is 9. The minimum Gasteiger partial charge on any atom is -0.394 e. The molecule has 8 atom stereocenters. The average molecular weight is 628 g/mol. The number of aldehydes is 2. The maximum atomic E-state index is 13.3. The number of rotatable bonds is 19. The van der Waals surface area contributed by atoms with Crippen molar-refractivity contribution in [1.29, 1.82) is 0 Å². The van der Waals surface area contributed by atoms with Crippen molar-refractivity contribution in [3.63, 3.8) is 0 Å². The van der Waals surface area contributed by atoms with Crippen LogP contribution in [0.4, 0.5) is 13.2 Å². The molecule has 19 heteroatoms. The Morgan fingerprint density at radius 1 is 0.837 bits per heavy atom. The second-order valence-corrected chi connectivity index (χ2v) is 9.45. The van der Waals surface area contributed by atoms with E-state index in [-0.39, 0.29) is 23.7 Å². The molecule has 0 aromatic heterocycles. The van der Waals surface area contributed by atoms with Gasteiger partial charge < -0.3 is 65.2 Å². The van der Waals surface area contributed by atoms with E-state index in [9.17, 15) is 68.4 Å². The molecule has 1 aliphatic heterocycles. The molecule has 0 spiro atoms. The van der Waals surface area contributed by atoms with E-state index < -0.39 is 99.0 Å². The van der Waals surface area contributed by atoms with Crippen molar-refractivity contribution in [2.24, 2.45) is 10.2 Å². The summed E-state index contributed by atoms with van der Waals surface area (Å²) >= 11 is 0. The van der Waals surface area contributed by atoms with Gasteiger partial charge in [-0.2, -0.15) is 13.2 Å². The normalized spacial score (nSPS) is 20.5. The summed E-state index contributed by atoms with van der Waals surface area (Å²) in [6.45, 7) is -3.49. The maximum absolute atomic E-state index is 13.3. The maximum Gasteiger partial charge on any atom is 0.442 e. The Morgan fingerprint density at radius 2 is 1.26 bits per heavy atom. The molecule has 2 rings (SSSR count). The third kappa shape index (κ3) is 9.01. The van der Waals surface area contributed by atoms with Gasteiger partial charge in [-0.25, -0.2) is 0 Å². The predicted octanol–water partition coefficient (Wildman–Crippen LogP) is -3.72. The fourth-order valence-corrected chi connectivity index (χ4v) is 3.78. The van der Waals surface area contributed by atoms with Crippen LogP contribution in [0, 0.1) is 0 Å². The van der Waals surface area contributed by atoms with Gasteiger partial charge in [0.15, 0.2) is 12.6 Å². The van der Waals surface area contributed by atoms with Gasteiger partial charge in [0.25, 0.3) is 5.91 Å². The Labute approximate surface area is 241 Å². The van der Waals surface area contributed by atoms with Gasteiger partial charge in [0.05, 0.1) is 32.5 Å². The zero-order valence-corrected chi connectivity index (χ0v) is 22.1. The molecular formula is C24H32F3N3O13. The van der Waals surface area contributed by atoms with Crippen LogP contribution in [-0.2, 0) is 24.7 Å². The molecule has 0 saturated carbocycles. The van der Waals surface area contributed by atoms with E-state index in [2.05, 4.69) is 15.5 Å². The number of ether oxygens (including phenoxy) is 2. The summed E-state index contributed by atoms with van der Waals surface area (Å²) in [4.78, 5) is 34.7. The van der Waals surface area contributed by atoms with Crippen LogP contribution in [0.2, 0.25) is 0 Å². The van der Waals surface area contributed by atoms with E-state index in [1.165, 1.54) is 0 Å². The molecule has 0 bridgehead atoms. The molecule has 0 fully saturated rings. The second-order valence-electron chi connectivity index (χ2n) is 9.45. The lowest BCUT2D eigenvalue weighted by Gasteiger charge is -2.32. The third-order valence-corrected chi connectivity index (χ3v) is 6.34. The molecule has 1 amide bonds. The minimum atomic E-state index is -4.81. The largest absolute Gasteiger partial charge is 0.442 e. The van der Waals surface area contributed by atoms with Crippen molar-refractivity contribution in [3.05, 3.63) is 35.4 Å². The van der Waals surface area contributed by atoms with Crippen molar-refractivity contribution < 1.29 is 77.9 Å². The van der Waals surface area contributed by atoms with E-state index in [1.54, 1.807) is 0 Å². The lowest BCUT2D eigenvalue weighted by Crippen LogP contribution is -2.52. The van der Waals surface area contributed by atoms with E-state index in [1.807, 2.05) is 0 Å². The second kappa shape index (κ2) is 15.7. The molecule has 1 aliphatic rings. The lowest BCUT2D eigenvalue weighted by molar-refractivity contribution is -0.166. The molecule has 242 valence electrons. The van der Waals surface area contributed by atoms with Gasteiger partial charge in [0, 0.05) is 11.1 Å². The molecule has 1 aromatic rings. The van der Waals surface area contributed by atoms with Gasteiger partial charge in [-0.3, -0.25) is 4.79 Å². The highest BCUT2D eigenvalue weighted by atomic mass is 19.4. The van der Waals surface area contributed by atoms with Crippen LogP contribution in [0.15, 0.2) is 34.5 Å². The number of carbonyl (C=O) groups is 3. The summed E-state index contributed by atoms with van der Waals surface area (Å²) in [5, 5.41) is 86.6. The first-order valence-corrected chi connectivity index (χ1v) is 12.5. The van der Waals surface area contributed by atoms with E-state index in [0.29, 0.717) is 0 Å². The number of benzene rings is 1. The topological polar surface area (TPSA) is 268 Å². The van der Waals surface area contributed by atoms with E-state index in [0.717, 1.165) is 24.3 Å². The van der Waals surface area contributed by atoms with E-state index >= 15 is 0 Å². The van der Waals surface area contributed by atoms with E-state index in [4.69, 9.17) is 9.47 Å². The summed E-state index contributed by atoms with van der Waals surface area (Å²) in [5.74, 6) is -0.949. The number of aliphatic hydroxyl groups is 8. The van der Waals surface area contributed by atoms with Gasteiger partial charge in [0.1, 0.15) is 48.8 Å². The van der Waals surface area contributed by atoms with Gasteiger partial charge in [-0.1, -0.05) is 12.1 Å². The smallest absolute Gasteiger partial charge is 0.394 e. The Bertz CT molecular complexity index is 1050. The van der Waals surface area contributed by atoms with Crippen LogP contribution in [0.25, 0.3) is 0 Å². The first-order chi connectivity index (χ1) is 20.2. The molecule has 0 saturated heterocycles. The quantitative estimate of drug-likeness (QED) is 0.0669. The van der Waals surface area contributed by atoms with Crippen molar-refractivity contribution in [3.8, 4) is 0 Å². The van der Waals surface area contributed by atoms with Gasteiger partial charge in [-0.05, 0) is 12.1 Å². The van der Waals surface area contributed by atoms with Crippen molar-refractivity contribution in [2.45, 2.75) is 66.7 Å². The standard InChI is InChI=1S/C24H32F3N3O13/c25-24(26,27)23(29-30-23)12-3-1-11(2-4-12)22(41)28-13(9-42-20(16(37)7-33)18(39)14(35)5-31)10-43-21(17(38)8-34)19(40)15(36)6-32/h1-6,13-21,33-40H,7-10H2,(H,28,41)/t14-,15-,16-,17-,18-,19-,20-,21-/m1/s1. The molecule has 1 heterocycles. The third-order valence-electron chi connectivity index (χ3n) is 6.34. The highest BCUT2D eigenvalue weighted by Gasteiger charge is 2.65. The molecule has 1 aromatic carbocycles. The van der Waals surface area contributed by atoms with Crippen molar-refractivity contribution in [2.75, 3.05) is 26.4 Å². The Kier molecular flexibility index (Phi) is 13.2. The fraction of sp³-hybridized carbons (Fsp3) is 0.625. The molecule has 43 heavy (non-hydrogen) atoms. The zero-order chi connectivity index (χ0) is 32.5. The summed E-state index contributed by atoms with van der Waals surface area (Å²) in [6.07, 6.45) is -20.6. The number of nitrogens with zero attached hydrogens (tertiary/aromatic N) is 2. The van der Waals surface area contributed by atoms with Crippen molar-refractivity contribution >= 4 is 18.5 Å². The molecule has 0 radical (unpaired) electrons. The number of amides is 1. The first kappa shape index (κ1) is 36.2. The monoisotopic (exact) mass is 627 g/mol. The number of carbonyl (C=O) groups excluding carboxylic acids is 3. The van der Waals surface area contributed by atoms with Crippen molar-refractivity contribution in [1.82, 2.24) is 5.32 Å². The summed E-state index contributed by atoms with van der Waals surface area (Å²) < 4.78 is 50.5. The Morgan fingerprint density at radius 3 is 1.58 bits per heavy atom. The minimum absolute atomic E-state index is 0.0805. The summed E-state index contributed by atoms with van der Waals surface area (Å²) in [5.41, 5.74) is -3.30. The highest BCUT2D eigenvalue weighted by molar-refractivity contribution is 5.94.